The summed E-state index contributed by atoms with van der Waals surface area (Å²) in [6.45, 7) is 0. The highest BCUT2D eigenvalue weighted by atomic mass is 16.5. The van der Waals surface area contributed by atoms with Gasteiger partial charge in [-0.05, 0) is 23.3 Å². The molecule has 134 valence electrons. The first-order chi connectivity index (χ1) is 13.5. The van der Waals surface area contributed by atoms with Gasteiger partial charge in [0.05, 0.1) is 11.1 Å². The molecule has 2 aliphatic rings. The van der Waals surface area contributed by atoms with E-state index in [1.165, 1.54) is 12.1 Å². The van der Waals surface area contributed by atoms with E-state index < -0.39 is 11.8 Å². The predicted octanol–water partition coefficient (Wildman–Crippen LogP) is 3.11. The molecular weight excluding hydrogens is 358 g/mol. The number of ketones is 2. The lowest BCUT2D eigenvalue weighted by atomic mass is 9.80. The van der Waals surface area contributed by atoms with Gasteiger partial charge in [-0.3, -0.25) is 24.4 Å². The summed E-state index contributed by atoms with van der Waals surface area (Å²) in [6.07, 6.45) is 0. The van der Waals surface area contributed by atoms with Crippen LogP contribution in [0.4, 0.5) is 0 Å². The van der Waals surface area contributed by atoms with Gasteiger partial charge >= 0.3 is 0 Å². The van der Waals surface area contributed by atoms with Crippen LogP contribution in [0.25, 0.3) is 11.1 Å². The van der Waals surface area contributed by atoms with Crippen LogP contribution in [-0.4, -0.2) is 33.7 Å². The lowest BCUT2D eigenvalue weighted by Gasteiger charge is -2.20. The zero-order chi connectivity index (χ0) is 19.6. The summed E-state index contributed by atoms with van der Waals surface area (Å²) >= 11 is 0. The van der Waals surface area contributed by atoms with Gasteiger partial charge in [0.1, 0.15) is 0 Å². The van der Waals surface area contributed by atoms with E-state index in [0.717, 1.165) is 0 Å². The number of imide groups is 1. The van der Waals surface area contributed by atoms with Gasteiger partial charge in [-0.2, -0.15) is 0 Å². The van der Waals surface area contributed by atoms with E-state index in [2.05, 4.69) is 0 Å². The predicted molar refractivity (Wildman–Crippen MR) is 97.5 cm³/mol. The molecule has 1 aliphatic carbocycles. The average molecular weight is 369 g/mol. The fourth-order valence-corrected chi connectivity index (χ4v) is 3.78. The van der Waals surface area contributed by atoms with Gasteiger partial charge < -0.3 is 0 Å². The number of nitrogens with zero attached hydrogens (tertiary/aromatic N) is 1. The van der Waals surface area contributed by atoms with Crippen molar-refractivity contribution in [3.8, 4) is 11.1 Å². The fraction of sp³-hybridized carbons (Fsp3) is 0. The van der Waals surface area contributed by atoms with E-state index in [1.807, 2.05) is 0 Å². The average Bonchev–Trinajstić information content (AvgIpc) is 2.95. The van der Waals surface area contributed by atoms with Gasteiger partial charge in [-0.15, -0.1) is 5.06 Å². The second kappa shape index (κ2) is 5.55. The summed E-state index contributed by atoms with van der Waals surface area (Å²) in [4.78, 5) is 50.0. The van der Waals surface area contributed by atoms with E-state index >= 15 is 0 Å². The Morgan fingerprint density at radius 1 is 0.571 bits per heavy atom. The molecule has 0 fully saturated rings. The number of hydrogen-bond acceptors (Lipinski definition) is 5. The van der Waals surface area contributed by atoms with Crippen molar-refractivity contribution >= 4 is 23.4 Å². The Balaban J connectivity index is 1.73. The quantitative estimate of drug-likeness (QED) is 0.411. The highest BCUT2D eigenvalue weighted by Crippen LogP contribution is 2.36. The first kappa shape index (κ1) is 16.3. The van der Waals surface area contributed by atoms with Crippen LogP contribution in [0.3, 0.4) is 0 Å². The molecule has 0 bridgehead atoms. The van der Waals surface area contributed by atoms with Crippen molar-refractivity contribution in [2.24, 2.45) is 0 Å². The second-order valence-electron chi connectivity index (χ2n) is 6.61. The summed E-state index contributed by atoms with van der Waals surface area (Å²) in [5.41, 5.74) is 2.41. The minimum Gasteiger partial charge on any atom is -0.289 e. The van der Waals surface area contributed by atoms with Crippen LogP contribution < -0.4 is 0 Å². The van der Waals surface area contributed by atoms with Crippen LogP contribution in [-0.2, 0) is 0 Å². The van der Waals surface area contributed by atoms with Crippen LogP contribution in [0.5, 0.6) is 0 Å². The third kappa shape index (κ3) is 2.00. The molecule has 28 heavy (non-hydrogen) atoms. The van der Waals surface area contributed by atoms with Crippen molar-refractivity contribution in [1.82, 2.24) is 5.06 Å². The van der Waals surface area contributed by atoms with Crippen molar-refractivity contribution in [2.45, 2.75) is 0 Å². The molecule has 0 saturated carbocycles. The topological polar surface area (TPSA) is 91.8 Å². The summed E-state index contributed by atoms with van der Waals surface area (Å²) < 4.78 is 0. The highest BCUT2D eigenvalue weighted by Gasteiger charge is 2.36. The van der Waals surface area contributed by atoms with Crippen LogP contribution in [0.15, 0.2) is 60.7 Å². The van der Waals surface area contributed by atoms with E-state index in [1.54, 1.807) is 48.5 Å². The summed E-state index contributed by atoms with van der Waals surface area (Å²) in [5, 5.41) is 9.63. The second-order valence-corrected chi connectivity index (χ2v) is 6.61. The Labute approximate surface area is 158 Å². The Bertz CT molecular complexity index is 1260. The monoisotopic (exact) mass is 369 g/mol. The zero-order valence-electron chi connectivity index (χ0n) is 14.3. The standard InChI is InChI=1S/C22H11NO5/c24-19-13-4-1-2-5-14(13)20(25)18-12(6-3-7-16(18)19)11-8-9-15-17(10-11)22(27)23(28)21(15)26/h1-10,28H. The van der Waals surface area contributed by atoms with Crippen molar-refractivity contribution in [3.63, 3.8) is 0 Å². The van der Waals surface area contributed by atoms with E-state index in [4.69, 9.17) is 0 Å². The third-order valence-electron chi connectivity index (χ3n) is 5.13. The number of hydroxylamine groups is 2. The Morgan fingerprint density at radius 2 is 1.18 bits per heavy atom. The number of carbonyl (C=O) groups is 4. The Morgan fingerprint density at radius 3 is 1.93 bits per heavy atom. The number of rotatable bonds is 1. The molecule has 0 atom stereocenters. The molecule has 0 aromatic heterocycles. The van der Waals surface area contributed by atoms with E-state index in [-0.39, 0.29) is 33.3 Å². The molecule has 6 heteroatoms. The molecule has 3 aromatic rings. The Kier molecular flexibility index (Phi) is 3.23. The molecule has 3 aromatic carbocycles. The van der Waals surface area contributed by atoms with Gasteiger partial charge in [-0.25, -0.2) is 0 Å². The molecule has 5 rings (SSSR count). The molecule has 0 unspecified atom stereocenters. The highest BCUT2D eigenvalue weighted by molar-refractivity contribution is 6.30. The van der Waals surface area contributed by atoms with Gasteiger partial charge in [0.25, 0.3) is 11.8 Å². The number of benzene rings is 3. The Hall–Kier alpha value is -3.90. The summed E-state index contributed by atoms with van der Waals surface area (Å²) in [7, 11) is 0. The zero-order valence-corrected chi connectivity index (χ0v) is 14.3. The molecule has 6 nitrogen and oxygen atoms in total. The normalized spacial score (nSPS) is 14.8. The fourth-order valence-electron chi connectivity index (χ4n) is 3.78. The van der Waals surface area contributed by atoms with Crippen molar-refractivity contribution < 1.29 is 24.4 Å². The number of amides is 2. The maximum absolute atomic E-state index is 13.1. The van der Waals surface area contributed by atoms with Gasteiger partial charge in [0.15, 0.2) is 11.6 Å². The molecule has 1 heterocycles. The van der Waals surface area contributed by atoms with Gasteiger partial charge in [-0.1, -0.05) is 48.5 Å². The number of carbonyl (C=O) groups excluding carboxylic acids is 4. The smallest absolute Gasteiger partial charge is 0.285 e. The SMILES string of the molecule is O=C1c2ccccc2C(=O)c2c1cccc2-c1ccc2c(c1)C(=O)N(O)C2=O. The molecule has 0 radical (unpaired) electrons. The molecule has 1 N–H and O–H groups in total. The summed E-state index contributed by atoms with van der Waals surface area (Å²) in [6, 6.07) is 16.1. The molecule has 1 aliphatic heterocycles. The lowest BCUT2D eigenvalue weighted by Crippen LogP contribution is -2.25. The maximum atomic E-state index is 13.1. The van der Waals surface area contributed by atoms with Crippen LogP contribution in [0, 0.1) is 0 Å². The molecule has 0 spiro atoms. The first-order valence-electron chi connectivity index (χ1n) is 8.52. The van der Waals surface area contributed by atoms with Crippen molar-refractivity contribution in [3.05, 3.63) is 94.0 Å². The largest absolute Gasteiger partial charge is 0.289 e. The maximum Gasteiger partial charge on any atom is 0.285 e. The van der Waals surface area contributed by atoms with Crippen molar-refractivity contribution in [2.75, 3.05) is 0 Å². The van der Waals surface area contributed by atoms with Gasteiger partial charge in [0.2, 0.25) is 0 Å². The third-order valence-corrected chi connectivity index (χ3v) is 5.13. The first-order valence-corrected chi connectivity index (χ1v) is 8.52. The van der Waals surface area contributed by atoms with Crippen LogP contribution in [0.2, 0.25) is 0 Å². The molecule has 2 amide bonds. The molecule has 0 saturated heterocycles. The van der Waals surface area contributed by atoms with E-state index in [9.17, 15) is 24.4 Å². The number of fused-ring (bicyclic) bond motifs is 3. The minimum atomic E-state index is -0.820. The minimum absolute atomic E-state index is 0.0533. The van der Waals surface area contributed by atoms with Crippen LogP contribution >= 0.6 is 0 Å². The summed E-state index contributed by atoms with van der Waals surface area (Å²) in [5.74, 6) is -2.12. The van der Waals surface area contributed by atoms with Gasteiger partial charge in [0, 0.05) is 22.3 Å². The van der Waals surface area contributed by atoms with Crippen LogP contribution in [0.1, 0.15) is 52.6 Å². The number of hydrogen-bond donors (Lipinski definition) is 1. The lowest BCUT2D eigenvalue weighted by molar-refractivity contribution is -0.0327. The molecular formula is C22H11NO5. The van der Waals surface area contributed by atoms with E-state index in [0.29, 0.717) is 27.8 Å². The van der Waals surface area contributed by atoms with Crippen molar-refractivity contribution in [1.29, 1.82) is 0 Å².